The predicted molar refractivity (Wildman–Crippen MR) is 98.2 cm³/mol. The number of carbonyl (C=O) groups excluding carboxylic acids is 1. The Morgan fingerprint density at radius 3 is 2.70 bits per heavy atom. The van der Waals surface area contributed by atoms with E-state index in [9.17, 15) is 4.79 Å². The first-order valence-corrected chi connectivity index (χ1v) is 9.69. The van der Waals surface area contributed by atoms with Gasteiger partial charge in [-0.2, -0.15) is 0 Å². The van der Waals surface area contributed by atoms with E-state index in [1.165, 1.54) is 11.1 Å². The summed E-state index contributed by atoms with van der Waals surface area (Å²) < 4.78 is 24.1. The zero-order chi connectivity index (χ0) is 19.0. The number of benzene rings is 1. The highest BCUT2D eigenvalue weighted by atomic mass is 16.7. The van der Waals surface area contributed by atoms with Gasteiger partial charge in [-0.1, -0.05) is 6.07 Å². The van der Waals surface area contributed by atoms with Gasteiger partial charge in [0.15, 0.2) is 17.6 Å². The van der Waals surface area contributed by atoms with Crippen LogP contribution < -0.4 is 9.47 Å². The van der Waals surface area contributed by atoms with Crippen LogP contribution in [-0.4, -0.2) is 64.0 Å². The molecule has 0 N–H and O–H groups in total. The molecule has 1 spiro atoms. The standard InChI is InChI=1S/C21H27NO5/c1-22-8-7-20-16-13(11-23)10-21(25-3,26-4)19(20)27-18-15(24-2)6-5-12(17(18)20)9-14(16)22/h5-6,11,13-14,16,19H,7-10H2,1-4H3/t13-,14?,16?,19-,20?/m1/s1. The third-order valence-corrected chi connectivity index (χ3v) is 7.73. The van der Waals surface area contributed by atoms with Crippen molar-refractivity contribution in [1.82, 2.24) is 4.90 Å². The van der Waals surface area contributed by atoms with Gasteiger partial charge in [-0.15, -0.1) is 0 Å². The molecular formula is C21H27NO5. The molecule has 1 aromatic carbocycles. The average Bonchev–Trinajstić information content (AvgIpc) is 3.05. The lowest BCUT2D eigenvalue weighted by Crippen LogP contribution is -2.73. The predicted octanol–water partition coefficient (Wildman–Crippen LogP) is 1.78. The first-order chi connectivity index (χ1) is 13.1. The van der Waals surface area contributed by atoms with E-state index in [0.29, 0.717) is 12.5 Å². The van der Waals surface area contributed by atoms with E-state index in [1.54, 1.807) is 21.3 Å². The van der Waals surface area contributed by atoms with E-state index in [0.717, 1.165) is 37.2 Å². The van der Waals surface area contributed by atoms with Gasteiger partial charge in [-0.25, -0.2) is 0 Å². The monoisotopic (exact) mass is 373 g/mol. The Balaban J connectivity index is 1.82. The zero-order valence-corrected chi connectivity index (χ0v) is 16.4. The number of methoxy groups -OCH3 is 3. The molecule has 2 aliphatic carbocycles. The lowest BCUT2D eigenvalue weighted by molar-refractivity contribution is -0.300. The number of hydrogen-bond donors (Lipinski definition) is 0. The van der Waals surface area contributed by atoms with Crippen molar-refractivity contribution in [3.8, 4) is 11.5 Å². The molecule has 0 aromatic heterocycles. The van der Waals surface area contributed by atoms with Crippen LogP contribution in [0.3, 0.4) is 0 Å². The average molecular weight is 373 g/mol. The number of aldehydes is 1. The van der Waals surface area contributed by atoms with Crippen molar-refractivity contribution >= 4 is 6.29 Å². The van der Waals surface area contributed by atoms with Crippen LogP contribution in [0.2, 0.25) is 0 Å². The Morgan fingerprint density at radius 1 is 1.26 bits per heavy atom. The van der Waals surface area contributed by atoms with Crippen molar-refractivity contribution in [3.05, 3.63) is 23.3 Å². The second kappa shape index (κ2) is 5.69. The molecule has 2 aliphatic heterocycles. The van der Waals surface area contributed by atoms with Gasteiger partial charge in [0.2, 0.25) is 5.79 Å². The molecule has 4 aliphatic rings. The second-order valence-corrected chi connectivity index (χ2v) is 8.42. The summed E-state index contributed by atoms with van der Waals surface area (Å²) in [4.78, 5) is 14.7. The molecule has 6 heteroatoms. The van der Waals surface area contributed by atoms with Crippen LogP contribution in [0.4, 0.5) is 0 Å². The third-order valence-electron chi connectivity index (χ3n) is 7.73. The van der Waals surface area contributed by atoms with Gasteiger partial charge in [0.1, 0.15) is 6.29 Å². The number of rotatable bonds is 4. The molecule has 146 valence electrons. The number of hydrogen-bond acceptors (Lipinski definition) is 6. The van der Waals surface area contributed by atoms with Gasteiger partial charge in [-0.3, -0.25) is 0 Å². The quantitative estimate of drug-likeness (QED) is 0.592. The summed E-state index contributed by atoms with van der Waals surface area (Å²) in [5, 5.41) is 0. The van der Waals surface area contributed by atoms with Crippen molar-refractivity contribution in [2.24, 2.45) is 11.8 Å². The molecular weight excluding hydrogens is 346 g/mol. The highest BCUT2D eigenvalue weighted by Gasteiger charge is 2.72. The summed E-state index contributed by atoms with van der Waals surface area (Å²) in [6.45, 7) is 0.964. The topological polar surface area (TPSA) is 57.2 Å². The lowest BCUT2D eigenvalue weighted by atomic mass is 9.48. The molecule has 1 saturated heterocycles. The normalized spacial score (nSPS) is 38.1. The van der Waals surface area contributed by atoms with Gasteiger partial charge in [0, 0.05) is 43.6 Å². The maximum absolute atomic E-state index is 12.2. The molecule has 6 nitrogen and oxygen atoms in total. The Labute approximate surface area is 159 Å². The van der Waals surface area contributed by atoms with E-state index in [1.807, 2.05) is 6.07 Å². The van der Waals surface area contributed by atoms with E-state index in [-0.39, 0.29) is 23.4 Å². The van der Waals surface area contributed by atoms with Crippen LogP contribution in [-0.2, 0) is 26.1 Å². The fourth-order valence-electron chi connectivity index (χ4n) is 6.64. The van der Waals surface area contributed by atoms with Crippen LogP contribution >= 0.6 is 0 Å². The third kappa shape index (κ3) is 1.89. The Bertz CT molecular complexity index is 791. The Kier molecular flexibility index (Phi) is 3.68. The second-order valence-electron chi connectivity index (χ2n) is 8.42. The zero-order valence-electron chi connectivity index (χ0n) is 16.4. The number of piperidine rings is 1. The molecule has 27 heavy (non-hydrogen) atoms. The van der Waals surface area contributed by atoms with E-state index in [2.05, 4.69) is 18.0 Å². The summed E-state index contributed by atoms with van der Waals surface area (Å²) in [5.41, 5.74) is 2.24. The largest absolute Gasteiger partial charge is 0.493 e. The molecule has 5 atom stereocenters. The number of carbonyl (C=O) groups is 1. The summed E-state index contributed by atoms with van der Waals surface area (Å²) >= 11 is 0. The van der Waals surface area contributed by atoms with Crippen molar-refractivity contribution < 1.29 is 23.7 Å². The number of ether oxygens (including phenoxy) is 4. The van der Waals surface area contributed by atoms with Crippen molar-refractivity contribution in [2.75, 3.05) is 34.9 Å². The van der Waals surface area contributed by atoms with E-state index in [4.69, 9.17) is 18.9 Å². The Morgan fingerprint density at radius 2 is 2.04 bits per heavy atom. The van der Waals surface area contributed by atoms with Crippen molar-refractivity contribution in [2.45, 2.75) is 42.6 Å². The molecule has 2 fully saturated rings. The molecule has 5 rings (SSSR count). The van der Waals surface area contributed by atoms with Crippen LogP contribution in [0.15, 0.2) is 12.1 Å². The van der Waals surface area contributed by atoms with Crippen LogP contribution in [0.25, 0.3) is 0 Å². The fourth-order valence-corrected chi connectivity index (χ4v) is 6.64. The van der Waals surface area contributed by atoms with Gasteiger partial charge >= 0.3 is 0 Å². The van der Waals surface area contributed by atoms with Crippen molar-refractivity contribution in [1.29, 1.82) is 0 Å². The van der Waals surface area contributed by atoms with Gasteiger partial charge in [0.05, 0.1) is 7.11 Å². The highest BCUT2D eigenvalue weighted by Crippen LogP contribution is 2.66. The molecule has 0 amide bonds. The highest BCUT2D eigenvalue weighted by molar-refractivity contribution is 5.65. The van der Waals surface area contributed by atoms with E-state index < -0.39 is 5.79 Å². The van der Waals surface area contributed by atoms with E-state index >= 15 is 0 Å². The van der Waals surface area contributed by atoms with Crippen LogP contribution in [0.5, 0.6) is 11.5 Å². The minimum atomic E-state index is -0.943. The van der Waals surface area contributed by atoms with Gasteiger partial charge < -0.3 is 28.6 Å². The maximum Gasteiger partial charge on any atom is 0.206 e. The first-order valence-electron chi connectivity index (χ1n) is 9.69. The maximum atomic E-state index is 12.2. The van der Waals surface area contributed by atoms with Crippen LogP contribution in [0.1, 0.15) is 24.0 Å². The smallest absolute Gasteiger partial charge is 0.206 e. The molecule has 2 heterocycles. The summed E-state index contributed by atoms with van der Waals surface area (Å²) in [6, 6.07) is 4.48. The Hall–Kier alpha value is -1.63. The SMILES string of the molecule is COc1ccc2c3c1O[C@H]1C(OC)(OC)C[C@H](C=O)C4C(C2)N(C)CCC341. The molecule has 2 bridgehead atoms. The molecule has 1 aromatic rings. The summed E-state index contributed by atoms with van der Waals surface area (Å²) in [7, 11) is 7.16. The lowest BCUT2D eigenvalue weighted by Gasteiger charge is -2.62. The minimum absolute atomic E-state index is 0.136. The summed E-state index contributed by atoms with van der Waals surface area (Å²) in [6.07, 6.45) is 3.19. The molecule has 0 radical (unpaired) electrons. The minimum Gasteiger partial charge on any atom is -0.493 e. The van der Waals surface area contributed by atoms with Crippen molar-refractivity contribution in [3.63, 3.8) is 0 Å². The molecule has 3 unspecified atom stereocenters. The number of likely N-dealkylation sites (tertiary alicyclic amines) is 1. The van der Waals surface area contributed by atoms with Gasteiger partial charge in [-0.05, 0) is 44.0 Å². The number of likely N-dealkylation sites (N-methyl/N-ethyl adjacent to an activating group) is 1. The first kappa shape index (κ1) is 17.5. The fraction of sp³-hybridized carbons (Fsp3) is 0.667. The van der Waals surface area contributed by atoms with Gasteiger partial charge in [0.25, 0.3) is 0 Å². The molecule has 1 saturated carbocycles. The summed E-state index contributed by atoms with van der Waals surface area (Å²) in [5.74, 6) is 0.678. The van der Waals surface area contributed by atoms with Crippen LogP contribution in [0, 0.1) is 11.8 Å². The number of nitrogens with zero attached hydrogens (tertiary/aromatic N) is 1.